The molecular formula is C31H25ClN2O6. The molecule has 9 heteroatoms. The van der Waals surface area contributed by atoms with E-state index in [2.05, 4.69) is 5.32 Å². The number of esters is 1. The van der Waals surface area contributed by atoms with Crippen LogP contribution < -0.4 is 10.2 Å². The number of amides is 3. The fourth-order valence-electron chi connectivity index (χ4n) is 4.88. The molecule has 3 amide bonds. The first-order valence-corrected chi connectivity index (χ1v) is 13.1. The van der Waals surface area contributed by atoms with Crippen molar-refractivity contribution in [3.63, 3.8) is 0 Å². The maximum Gasteiger partial charge on any atom is 0.338 e. The first-order chi connectivity index (χ1) is 19.2. The van der Waals surface area contributed by atoms with Crippen LogP contribution in [0.3, 0.4) is 0 Å². The number of nitrogens with one attached hydrogen (secondary N) is 1. The molecule has 2 aliphatic rings. The molecule has 0 bridgehead atoms. The van der Waals surface area contributed by atoms with E-state index >= 15 is 0 Å². The number of carbonyl (C=O) groups excluding carboxylic acids is 5. The molecule has 1 aliphatic heterocycles. The van der Waals surface area contributed by atoms with Crippen LogP contribution in [0.5, 0.6) is 0 Å². The van der Waals surface area contributed by atoms with Crippen molar-refractivity contribution in [3.05, 3.63) is 106 Å². The Morgan fingerprint density at radius 2 is 1.45 bits per heavy atom. The summed E-state index contributed by atoms with van der Waals surface area (Å²) in [5.74, 6) is -2.50. The second-order valence-electron chi connectivity index (χ2n) is 9.80. The van der Waals surface area contributed by atoms with E-state index in [9.17, 15) is 24.0 Å². The van der Waals surface area contributed by atoms with Crippen molar-refractivity contribution in [2.24, 2.45) is 11.8 Å². The summed E-state index contributed by atoms with van der Waals surface area (Å²) in [6.07, 6.45) is 3.17. The highest BCUT2D eigenvalue weighted by Gasteiger charge is 2.48. The van der Waals surface area contributed by atoms with Crippen molar-refractivity contribution in [1.29, 1.82) is 0 Å². The largest absolute Gasteiger partial charge is 0.454 e. The number of nitrogens with zero attached hydrogens (tertiary/aromatic N) is 1. The fourth-order valence-corrected chi connectivity index (χ4v) is 5.01. The molecule has 1 aliphatic carbocycles. The van der Waals surface area contributed by atoms with Gasteiger partial charge in [0.15, 0.2) is 12.4 Å². The maximum absolute atomic E-state index is 12.9. The Kier molecular flexibility index (Phi) is 7.62. The number of halogens is 1. The Bertz CT molecular complexity index is 1530. The zero-order chi connectivity index (χ0) is 28.4. The van der Waals surface area contributed by atoms with Crippen LogP contribution in [-0.4, -0.2) is 36.1 Å². The van der Waals surface area contributed by atoms with Crippen molar-refractivity contribution in [2.45, 2.75) is 19.8 Å². The predicted molar refractivity (Wildman–Crippen MR) is 149 cm³/mol. The molecule has 1 saturated heterocycles. The van der Waals surface area contributed by atoms with Crippen LogP contribution in [0.25, 0.3) is 0 Å². The Labute approximate surface area is 235 Å². The van der Waals surface area contributed by atoms with Crippen molar-refractivity contribution in [3.8, 4) is 0 Å². The van der Waals surface area contributed by atoms with Gasteiger partial charge in [0, 0.05) is 21.8 Å². The molecule has 40 heavy (non-hydrogen) atoms. The summed E-state index contributed by atoms with van der Waals surface area (Å²) in [4.78, 5) is 64.3. The van der Waals surface area contributed by atoms with Gasteiger partial charge in [0.2, 0.25) is 11.8 Å². The molecule has 202 valence electrons. The number of allylic oxidation sites excluding steroid dienone is 2. The van der Waals surface area contributed by atoms with Crippen LogP contribution in [0.15, 0.2) is 84.4 Å². The topological polar surface area (TPSA) is 110 Å². The van der Waals surface area contributed by atoms with Crippen LogP contribution in [-0.2, 0) is 14.3 Å². The van der Waals surface area contributed by atoms with Crippen LogP contribution in [0.1, 0.15) is 50.8 Å². The van der Waals surface area contributed by atoms with Crippen LogP contribution >= 0.6 is 11.6 Å². The lowest BCUT2D eigenvalue weighted by Crippen LogP contribution is -2.30. The summed E-state index contributed by atoms with van der Waals surface area (Å²) in [5, 5.41) is 3.24. The van der Waals surface area contributed by atoms with E-state index in [-0.39, 0.29) is 35.0 Å². The van der Waals surface area contributed by atoms with Gasteiger partial charge < -0.3 is 10.1 Å². The van der Waals surface area contributed by atoms with E-state index in [0.717, 1.165) is 5.57 Å². The summed E-state index contributed by atoms with van der Waals surface area (Å²) < 4.78 is 5.11. The Morgan fingerprint density at radius 1 is 0.850 bits per heavy atom. The zero-order valence-electron chi connectivity index (χ0n) is 21.6. The van der Waals surface area contributed by atoms with E-state index in [1.54, 1.807) is 60.7 Å². The molecule has 0 spiro atoms. The molecule has 1 heterocycles. The monoisotopic (exact) mass is 556 g/mol. The van der Waals surface area contributed by atoms with Gasteiger partial charge >= 0.3 is 5.97 Å². The van der Waals surface area contributed by atoms with E-state index in [1.165, 1.54) is 17.0 Å². The number of carbonyl (C=O) groups is 5. The van der Waals surface area contributed by atoms with E-state index in [4.69, 9.17) is 16.3 Å². The molecule has 2 atom stereocenters. The Hall–Kier alpha value is -4.56. The van der Waals surface area contributed by atoms with Gasteiger partial charge in [0.25, 0.3) is 5.91 Å². The van der Waals surface area contributed by atoms with E-state index in [0.29, 0.717) is 40.4 Å². The van der Waals surface area contributed by atoms with Gasteiger partial charge in [-0.25, -0.2) is 4.79 Å². The number of imide groups is 1. The minimum absolute atomic E-state index is 0.201. The number of fused-ring (bicyclic) bond motifs is 1. The van der Waals surface area contributed by atoms with Crippen molar-refractivity contribution >= 4 is 52.4 Å². The number of anilines is 2. The number of hydrogen-bond acceptors (Lipinski definition) is 6. The number of ether oxygens (including phenoxy) is 1. The van der Waals surface area contributed by atoms with Crippen molar-refractivity contribution < 1.29 is 28.7 Å². The predicted octanol–water partition coefficient (Wildman–Crippen LogP) is 5.48. The fraction of sp³-hybridized carbons (Fsp3) is 0.194. The standard InChI is InChI=1S/C31H25ClN2O6/c1-18-2-15-25-26(16-18)30(38)34(29(25)37)24-13-7-20(8-14-24)28(36)33-23-11-5-21(6-12-23)31(39)40-17-27(35)19-3-9-22(32)10-4-19/h2-14,25-26H,15-17H2,1H3,(H,33,36)/t25-,26-/m1/s1. The summed E-state index contributed by atoms with van der Waals surface area (Å²) in [6, 6.07) is 18.6. The van der Waals surface area contributed by atoms with Crippen LogP contribution in [0, 0.1) is 11.8 Å². The molecule has 3 aromatic rings. The number of rotatable bonds is 7. The third-order valence-corrected chi connectivity index (χ3v) is 7.34. The van der Waals surface area contributed by atoms with Gasteiger partial charge in [-0.3, -0.25) is 24.1 Å². The van der Waals surface area contributed by atoms with Gasteiger partial charge in [-0.15, -0.1) is 0 Å². The Balaban J connectivity index is 1.16. The lowest BCUT2D eigenvalue weighted by Gasteiger charge is -2.18. The smallest absolute Gasteiger partial charge is 0.338 e. The third kappa shape index (κ3) is 5.58. The quantitative estimate of drug-likeness (QED) is 0.179. The second-order valence-corrected chi connectivity index (χ2v) is 10.2. The molecule has 0 unspecified atom stereocenters. The molecule has 0 radical (unpaired) electrons. The summed E-state index contributed by atoms with van der Waals surface area (Å²) in [7, 11) is 0. The summed E-state index contributed by atoms with van der Waals surface area (Å²) in [6.45, 7) is 1.55. The number of benzene rings is 3. The maximum atomic E-state index is 12.9. The highest BCUT2D eigenvalue weighted by Crippen LogP contribution is 2.39. The SMILES string of the molecule is CC1=CC[C@H]2C(=O)N(c3ccc(C(=O)Nc4ccc(C(=O)OCC(=O)c5ccc(Cl)cc5)cc4)cc3)C(=O)[C@@H]2C1. The van der Waals surface area contributed by atoms with Gasteiger partial charge in [0.1, 0.15) is 0 Å². The molecule has 8 nitrogen and oxygen atoms in total. The first-order valence-electron chi connectivity index (χ1n) is 12.7. The Morgan fingerprint density at radius 3 is 2.12 bits per heavy atom. The van der Waals surface area contributed by atoms with Crippen molar-refractivity contribution in [2.75, 3.05) is 16.8 Å². The van der Waals surface area contributed by atoms with Gasteiger partial charge in [-0.05, 0) is 92.6 Å². The molecule has 5 rings (SSSR count). The minimum Gasteiger partial charge on any atom is -0.454 e. The lowest BCUT2D eigenvalue weighted by molar-refractivity contribution is -0.122. The van der Waals surface area contributed by atoms with Crippen LogP contribution in [0.2, 0.25) is 5.02 Å². The van der Waals surface area contributed by atoms with E-state index in [1.807, 2.05) is 13.0 Å². The third-order valence-electron chi connectivity index (χ3n) is 7.09. The van der Waals surface area contributed by atoms with Crippen LogP contribution in [0.4, 0.5) is 11.4 Å². The average Bonchev–Trinajstić information content (AvgIpc) is 3.20. The van der Waals surface area contributed by atoms with E-state index < -0.39 is 18.5 Å². The second kappa shape index (κ2) is 11.3. The summed E-state index contributed by atoms with van der Waals surface area (Å²) in [5.41, 5.74) is 2.94. The molecule has 0 aromatic heterocycles. The van der Waals surface area contributed by atoms with Crippen molar-refractivity contribution in [1.82, 2.24) is 0 Å². The molecule has 1 N–H and O–H groups in total. The highest BCUT2D eigenvalue weighted by atomic mass is 35.5. The average molecular weight is 557 g/mol. The highest BCUT2D eigenvalue weighted by molar-refractivity contribution is 6.30. The van der Waals surface area contributed by atoms with Gasteiger partial charge in [-0.2, -0.15) is 0 Å². The molecule has 1 fully saturated rings. The number of Topliss-reactive ketones (excluding diaryl/α,β-unsaturated/α-hetero) is 1. The zero-order valence-corrected chi connectivity index (χ0v) is 22.3. The lowest BCUT2D eigenvalue weighted by atomic mass is 9.82. The number of ketones is 1. The first kappa shape index (κ1) is 27.0. The minimum atomic E-state index is -0.674. The number of hydrogen-bond donors (Lipinski definition) is 1. The van der Waals surface area contributed by atoms with Gasteiger partial charge in [-0.1, -0.05) is 23.3 Å². The summed E-state index contributed by atoms with van der Waals surface area (Å²) >= 11 is 5.82. The molecule has 3 aromatic carbocycles. The molecule has 0 saturated carbocycles. The van der Waals surface area contributed by atoms with Gasteiger partial charge in [0.05, 0.1) is 23.1 Å². The molecular weight excluding hydrogens is 532 g/mol. The normalized spacial score (nSPS) is 18.1.